The molecular weight excluding hydrogens is 711 g/mol. The van der Waals surface area contributed by atoms with Gasteiger partial charge >= 0.3 is 0 Å². The lowest BCUT2D eigenvalue weighted by Gasteiger charge is -2.46. The minimum Gasteiger partial charge on any atom is -0.311 e. The molecule has 0 saturated heterocycles. The lowest BCUT2D eigenvalue weighted by molar-refractivity contribution is 0.403. The fourth-order valence-corrected chi connectivity index (χ4v) is 11.5. The van der Waals surface area contributed by atoms with E-state index in [1.54, 1.807) is 4.90 Å². The molecule has 2 heterocycles. The van der Waals surface area contributed by atoms with Gasteiger partial charge in [-0.1, -0.05) is 154 Å². The molecule has 2 aliphatic carbocycles. The van der Waals surface area contributed by atoms with Gasteiger partial charge in [0, 0.05) is 34.1 Å². The van der Waals surface area contributed by atoms with Crippen molar-refractivity contribution in [3.05, 3.63) is 124 Å². The van der Waals surface area contributed by atoms with Crippen molar-refractivity contribution in [1.29, 1.82) is 0 Å². The average Bonchev–Trinajstić information content (AvgIpc) is 3.47. The summed E-state index contributed by atoms with van der Waals surface area (Å²) < 4.78 is 68.8. The molecule has 0 fully saturated rings. The van der Waals surface area contributed by atoms with Crippen molar-refractivity contribution >= 4 is 57.2 Å². The molecule has 0 bridgehead atoms. The summed E-state index contributed by atoms with van der Waals surface area (Å²) in [4.78, 5) is 4.19. The highest BCUT2D eigenvalue weighted by molar-refractivity contribution is 7.00. The molecular formula is C56H69BN2. The quantitative estimate of drug-likeness (QED) is 0.161. The Labute approximate surface area is 367 Å². The second-order valence-corrected chi connectivity index (χ2v) is 24.1. The molecule has 0 spiro atoms. The highest BCUT2D eigenvalue weighted by atomic mass is 15.2. The van der Waals surface area contributed by atoms with E-state index in [2.05, 4.69) is 124 Å². The van der Waals surface area contributed by atoms with Gasteiger partial charge in [-0.25, -0.2) is 0 Å². The van der Waals surface area contributed by atoms with Gasteiger partial charge in [-0.2, -0.15) is 0 Å². The van der Waals surface area contributed by atoms with Crippen molar-refractivity contribution < 1.29 is 9.60 Å². The Morgan fingerprint density at radius 3 is 1.47 bits per heavy atom. The van der Waals surface area contributed by atoms with Gasteiger partial charge in [0.2, 0.25) is 0 Å². The monoisotopic (exact) mass is 788 g/mol. The number of hydrogen-bond donors (Lipinski definition) is 0. The summed E-state index contributed by atoms with van der Waals surface area (Å²) in [5, 5.41) is 0. The smallest absolute Gasteiger partial charge is 0.252 e. The van der Waals surface area contributed by atoms with E-state index in [4.69, 9.17) is 0 Å². The van der Waals surface area contributed by atoms with Crippen LogP contribution in [0, 0.1) is 0 Å². The molecule has 0 N–H and O–H groups in total. The molecule has 0 aromatic heterocycles. The maximum atomic E-state index is 10.4. The highest BCUT2D eigenvalue weighted by Gasteiger charge is 2.49. The van der Waals surface area contributed by atoms with E-state index in [0.29, 0.717) is 22.3 Å². The molecule has 0 amide bonds. The summed E-state index contributed by atoms with van der Waals surface area (Å²) in [5.41, 5.74) is 11.4. The van der Waals surface area contributed by atoms with Crippen molar-refractivity contribution in [2.75, 3.05) is 9.80 Å². The first-order chi connectivity index (χ1) is 30.0. The first-order valence-electron chi connectivity index (χ1n) is 25.4. The third kappa shape index (κ3) is 6.09. The predicted octanol–water partition coefficient (Wildman–Crippen LogP) is 13.6. The van der Waals surface area contributed by atoms with E-state index in [1.807, 2.05) is 41.5 Å². The zero-order chi connectivity index (χ0) is 48.9. The second kappa shape index (κ2) is 12.2. The number of fused-ring (bicyclic) bond motifs is 6. The Morgan fingerprint density at radius 1 is 0.458 bits per heavy atom. The Kier molecular flexibility index (Phi) is 6.73. The van der Waals surface area contributed by atoms with Crippen molar-refractivity contribution in [2.45, 2.75) is 168 Å². The van der Waals surface area contributed by atoms with Crippen LogP contribution >= 0.6 is 0 Å². The fourth-order valence-electron chi connectivity index (χ4n) is 11.5. The minimum atomic E-state index is -0.689. The second-order valence-electron chi connectivity index (χ2n) is 24.1. The summed E-state index contributed by atoms with van der Waals surface area (Å²) in [6.45, 7) is 36.4. The van der Waals surface area contributed by atoms with Crippen molar-refractivity contribution in [3.63, 3.8) is 0 Å². The number of benzene rings is 5. The third-order valence-corrected chi connectivity index (χ3v) is 14.1. The normalized spacial score (nSPS) is 20.9. The molecule has 59 heavy (non-hydrogen) atoms. The SMILES string of the molecule is [2H]c1c([2H])c(C(C)(C)C)c([2H])c([2H])c1N1c2cc(C(C)(C)C)cc3c2B(c2cc4c(cc2N3c2ccc3c(c2)C(C)(C)CC3(C)C)C(C)(C)CC4(C)C)c2c([2H])c(C(C)(C)C)c([2H])c([2H])c21. The van der Waals surface area contributed by atoms with Crippen molar-refractivity contribution in [3.8, 4) is 0 Å². The van der Waals surface area contributed by atoms with Gasteiger partial charge in [0.1, 0.15) is 0 Å². The van der Waals surface area contributed by atoms with Crippen LogP contribution in [0.5, 0.6) is 0 Å². The molecule has 3 heteroatoms. The zero-order valence-electron chi connectivity index (χ0n) is 45.9. The van der Waals surface area contributed by atoms with Crippen LogP contribution in [0.15, 0.2) is 84.8 Å². The molecule has 0 atom stereocenters. The fraction of sp³-hybridized carbons (Fsp3) is 0.464. The van der Waals surface area contributed by atoms with Crippen LogP contribution in [-0.2, 0) is 37.9 Å². The summed E-state index contributed by atoms with van der Waals surface area (Å²) in [7, 11) is 0. The number of nitrogens with zero attached hydrogens (tertiary/aromatic N) is 2. The van der Waals surface area contributed by atoms with E-state index in [1.165, 1.54) is 22.3 Å². The lowest BCUT2D eigenvalue weighted by atomic mass is 9.33. The molecule has 5 aromatic rings. The van der Waals surface area contributed by atoms with E-state index < -0.39 is 23.0 Å². The molecule has 9 rings (SSSR count). The van der Waals surface area contributed by atoms with Crippen LogP contribution < -0.4 is 26.2 Å². The third-order valence-electron chi connectivity index (χ3n) is 14.1. The molecule has 0 unspecified atom stereocenters. The minimum absolute atomic E-state index is 0.00601. The predicted molar refractivity (Wildman–Crippen MR) is 258 cm³/mol. The summed E-state index contributed by atoms with van der Waals surface area (Å²) in [6.07, 6.45) is 1.99. The summed E-state index contributed by atoms with van der Waals surface area (Å²) in [5.74, 6) is 0. The maximum absolute atomic E-state index is 10.4. The van der Waals surface area contributed by atoms with Gasteiger partial charge in [0.25, 0.3) is 6.71 Å². The van der Waals surface area contributed by atoms with E-state index in [9.17, 15) is 9.60 Å². The maximum Gasteiger partial charge on any atom is 0.252 e. The zero-order valence-corrected chi connectivity index (χ0v) is 38.9. The van der Waals surface area contributed by atoms with Crippen molar-refractivity contribution in [1.82, 2.24) is 0 Å². The Balaban J connectivity index is 1.52. The molecule has 2 nitrogen and oxygen atoms in total. The standard InChI is InChI=1S/C56H69BN2/c1-50(2,3)34-18-21-37(22-19-34)58-45-25-20-35(51(4,5)6)26-43(45)57-44-30-41-42(56(16,17)33-55(41,14)15)31-46(44)59(48-28-36(52(7,8)9)27-47(58)49(48)57)38-23-24-39-40(29-38)54(12,13)32-53(39,10)11/h18-31H,32-33H2,1-17H3/i18D,19D,20D,21D,22D,25D,26D. The van der Waals surface area contributed by atoms with Crippen molar-refractivity contribution in [2.24, 2.45) is 0 Å². The van der Waals surface area contributed by atoms with E-state index in [0.717, 1.165) is 46.4 Å². The topological polar surface area (TPSA) is 6.48 Å². The lowest BCUT2D eigenvalue weighted by Crippen LogP contribution is -2.62. The Morgan fingerprint density at radius 2 is 0.932 bits per heavy atom. The highest BCUT2D eigenvalue weighted by Crippen LogP contribution is 2.55. The van der Waals surface area contributed by atoms with Crippen LogP contribution in [0.3, 0.4) is 0 Å². The summed E-state index contributed by atoms with van der Waals surface area (Å²) >= 11 is 0. The van der Waals surface area contributed by atoms with Gasteiger partial charge in [0.05, 0.1) is 9.60 Å². The first-order valence-corrected chi connectivity index (χ1v) is 21.9. The molecule has 2 aliphatic heterocycles. The largest absolute Gasteiger partial charge is 0.311 e. The number of rotatable bonds is 2. The van der Waals surface area contributed by atoms with Gasteiger partial charge in [0.15, 0.2) is 0 Å². The van der Waals surface area contributed by atoms with Crippen LogP contribution in [0.25, 0.3) is 0 Å². The van der Waals surface area contributed by atoms with Gasteiger partial charge < -0.3 is 9.80 Å². The van der Waals surface area contributed by atoms with Gasteiger partial charge in [-0.15, -0.1) is 0 Å². The Bertz CT molecular complexity index is 2950. The number of anilines is 6. The Hall–Kier alpha value is -4.24. The average molecular weight is 788 g/mol. The van der Waals surface area contributed by atoms with Crippen LogP contribution in [0.2, 0.25) is 0 Å². The first kappa shape index (κ1) is 32.5. The van der Waals surface area contributed by atoms with Crippen LogP contribution in [-0.4, -0.2) is 6.71 Å². The van der Waals surface area contributed by atoms with E-state index >= 15 is 0 Å². The number of hydrogen-bond acceptors (Lipinski definition) is 2. The molecule has 0 saturated carbocycles. The molecule has 306 valence electrons. The van der Waals surface area contributed by atoms with Gasteiger partial charge in [-0.05, 0) is 155 Å². The molecule has 5 aromatic carbocycles. The van der Waals surface area contributed by atoms with E-state index in [-0.39, 0.29) is 75.3 Å². The van der Waals surface area contributed by atoms with Crippen LogP contribution in [0.1, 0.15) is 179 Å². The molecule has 0 radical (unpaired) electrons. The van der Waals surface area contributed by atoms with Gasteiger partial charge in [-0.3, -0.25) is 0 Å². The van der Waals surface area contributed by atoms with Crippen LogP contribution in [0.4, 0.5) is 34.1 Å². The molecule has 4 aliphatic rings. The summed E-state index contributed by atoms with van der Waals surface area (Å²) in [6, 6.07) is 15.6.